The Morgan fingerprint density at radius 1 is 1.43 bits per heavy atom. The van der Waals surface area contributed by atoms with Gasteiger partial charge in [0, 0.05) is 0 Å². The molecule has 0 aliphatic heterocycles. The van der Waals surface area contributed by atoms with Crippen LogP contribution in [0.4, 0.5) is 0 Å². The molecule has 0 radical (unpaired) electrons. The van der Waals surface area contributed by atoms with E-state index in [1.807, 2.05) is 37.3 Å². The third kappa shape index (κ3) is 2.35. The fourth-order valence-electron chi connectivity index (χ4n) is 1.21. The van der Waals surface area contributed by atoms with E-state index < -0.39 is 5.60 Å². The smallest absolute Gasteiger partial charge is 0.151 e. The van der Waals surface area contributed by atoms with Crippen molar-refractivity contribution in [2.75, 3.05) is 13.2 Å². The molecule has 2 heteroatoms. The molecule has 14 heavy (non-hydrogen) atoms. The minimum absolute atomic E-state index is 0.0237. The normalized spacial score (nSPS) is 14.4. The summed E-state index contributed by atoms with van der Waals surface area (Å²) >= 11 is 0. The highest BCUT2D eigenvalue weighted by molar-refractivity contribution is 5.29. The lowest BCUT2D eigenvalue weighted by Gasteiger charge is -2.24. The average Bonchev–Trinajstić information content (AvgIpc) is 2.27. The molecule has 1 N–H and O–H groups in total. The van der Waals surface area contributed by atoms with Gasteiger partial charge in [0.2, 0.25) is 0 Å². The first-order chi connectivity index (χ1) is 6.73. The van der Waals surface area contributed by atoms with Crippen molar-refractivity contribution in [1.82, 2.24) is 0 Å². The van der Waals surface area contributed by atoms with E-state index in [-0.39, 0.29) is 13.2 Å². The third-order valence-corrected chi connectivity index (χ3v) is 2.08. The second kappa shape index (κ2) is 4.80. The van der Waals surface area contributed by atoms with Gasteiger partial charge < -0.3 is 9.84 Å². The summed E-state index contributed by atoms with van der Waals surface area (Å²) in [5, 5.41) is 8.68. The van der Waals surface area contributed by atoms with E-state index in [1.165, 1.54) is 0 Å². The van der Waals surface area contributed by atoms with Crippen LogP contribution in [0.3, 0.4) is 0 Å². The van der Waals surface area contributed by atoms with E-state index in [0.29, 0.717) is 0 Å². The first-order valence-corrected chi connectivity index (χ1v) is 4.51. The van der Waals surface area contributed by atoms with Crippen LogP contribution in [0.15, 0.2) is 30.3 Å². The minimum atomic E-state index is -0.746. The molecule has 1 aromatic carbocycles. The van der Waals surface area contributed by atoms with Crippen LogP contribution in [0, 0.1) is 12.3 Å². The van der Waals surface area contributed by atoms with E-state index in [2.05, 4.69) is 5.92 Å². The largest absolute Gasteiger partial charge is 0.394 e. The predicted octanol–water partition coefficient (Wildman–Crippen LogP) is 1.54. The van der Waals surface area contributed by atoms with Gasteiger partial charge in [0.05, 0.1) is 13.2 Å². The number of terminal acetylenes is 1. The van der Waals surface area contributed by atoms with E-state index in [4.69, 9.17) is 16.3 Å². The topological polar surface area (TPSA) is 29.5 Å². The summed E-state index contributed by atoms with van der Waals surface area (Å²) in [5.41, 5.74) is 0.181. The molecule has 0 heterocycles. The molecule has 0 aromatic heterocycles. The molecule has 74 valence electrons. The minimum Gasteiger partial charge on any atom is -0.394 e. The lowest BCUT2D eigenvalue weighted by Crippen LogP contribution is -2.25. The van der Waals surface area contributed by atoms with Crippen LogP contribution in [0.2, 0.25) is 0 Å². The van der Waals surface area contributed by atoms with Gasteiger partial charge in [0.15, 0.2) is 5.60 Å². The Morgan fingerprint density at radius 2 is 2.07 bits per heavy atom. The number of aliphatic hydroxyl groups is 1. The lowest BCUT2D eigenvalue weighted by atomic mass is 9.97. The summed E-state index contributed by atoms with van der Waals surface area (Å²) in [6.07, 6.45) is 5.42. The zero-order chi connectivity index (χ0) is 10.4. The molecular formula is C12H14O2. The third-order valence-electron chi connectivity index (χ3n) is 2.08. The Kier molecular flexibility index (Phi) is 3.70. The van der Waals surface area contributed by atoms with Gasteiger partial charge >= 0.3 is 0 Å². The number of aliphatic hydroxyl groups excluding tert-OH is 1. The molecule has 0 aliphatic carbocycles. The Bertz CT molecular complexity index is 313. The van der Waals surface area contributed by atoms with E-state index in [0.717, 1.165) is 5.56 Å². The Balaban J connectivity index is 2.86. The highest BCUT2D eigenvalue weighted by Gasteiger charge is 2.23. The van der Waals surface area contributed by atoms with E-state index in [1.54, 1.807) is 0 Å². The fraction of sp³-hybridized carbons (Fsp3) is 0.333. The van der Waals surface area contributed by atoms with E-state index >= 15 is 0 Å². The standard InChI is InChI=1S/C12H14O2/c1-3-12(2,14-10-9-13)11-7-5-4-6-8-11/h1,4-8,13H,9-10H2,2H3/t12-/m0/s1. The molecule has 1 rings (SSSR count). The highest BCUT2D eigenvalue weighted by atomic mass is 16.5. The number of ether oxygens (including phenoxy) is 1. The maximum atomic E-state index is 8.68. The molecule has 1 atom stereocenters. The molecule has 2 nitrogen and oxygen atoms in total. The summed E-state index contributed by atoms with van der Waals surface area (Å²) in [4.78, 5) is 0. The van der Waals surface area contributed by atoms with Crippen LogP contribution >= 0.6 is 0 Å². The van der Waals surface area contributed by atoms with Crippen molar-refractivity contribution in [2.45, 2.75) is 12.5 Å². The summed E-state index contributed by atoms with van der Waals surface area (Å²) < 4.78 is 5.43. The highest BCUT2D eigenvalue weighted by Crippen LogP contribution is 2.23. The molecule has 0 fully saturated rings. The SMILES string of the molecule is C#C[C@](C)(OCCO)c1ccccc1. The monoisotopic (exact) mass is 190 g/mol. The van der Waals surface area contributed by atoms with Crippen LogP contribution in [0.25, 0.3) is 0 Å². The van der Waals surface area contributed by atoms with Crippen molar-refractivity contribution in [3.63, 3.8) is 0 Å². The van der Waals surface area contributed by atoms with Crippen molar-refractivity contribution in [3.8, 4) is 12.3 Å². The predicted molar refractivity (Wildman–Crippen MR) is 55.7 cm³/mol. The summed E-state index contributed by atoms with van der Waals surface area (Å²) in [5.74, 6) is 2.60. The zero-order valence-corrected chi connectivity index (χ0v) is 8.23. The van der Waals surface area contributed by atoms with Crippen molar-refractivity contribution in [3.05, 3.63) is 35.9 Å². The van der Waals surface area contributed by atoms with Crippen LogP contribution in [0.5, 0.6) is 0 Å². The number of benzene rings is 1. The van der Waals surface area contributed by atoms with E-state index in [9.17, 15) is 0 Å². The molecular weight excluding hydrogens is 176 g/mol. The number of hydrogen-bond acceptors (Lipinski definition) is 2. The molecule has 0 unspecified atom stereocenters. The van der Waals surface area contributed by atoms with Gasteiger partial charge in [0.25, 0.3) is 0 Å². The zero-order valence-electron chi connectivity index (χ0n) is 8.23. The van der Waals surface area contributed by atoms with Gasteiger partial charge in [-0.25, -0.2) is 0 Å². The lowest BCUT2D eigenvalue weighted by molar-refractivity contribution is -0.00912. The Morgan fingerprint density at radius 3 is 2.57 bits per heavy atom. The summed E-state index contributed by atoms with van der Waals surface area (Å²) in [6.45, 7) is 2.04. The number of rotatable bonds is 4. The fourth-order valence-corrected chi connectivity index (χ4v) is 1.21. The van der Waals surface area contributed by atoms with Gasteiger partial charge in [-0.15, -0.1) is 6.42 Å². The second-order valence-electron chi connectivity index (χ2n) is 3.12. The Labute approximate surface area is 84.5 Å². The average molecular weight is 190 g/mol. The number of hydrogen-bond donors (Lipinski definition) is 1. The van der Waals surface area contributed by atoms with Crippen molar-refractivity contribution < 1.29 is 9.84 Å². The van der Waals surface area contributed by atoms with Gasteiger partial charge in [-0.1, -0.05) is 36.3 Å². The first kappa shape index (κ1) is 10.8. The van der Waals surface area contributed by atoms with Crippen molar-refractivity contribution >= 4 is 0 Å². The van der Waals surface area contributed by atoms with Crippen LogP contribution in [-0.2, 0) is 10.3 Å². The Hall–Kier alpha value is -1.30. The van der Waals surface area contributed by atoms with Gasteiger partial charge in [-0.05, 0) is 12.5 Å². The van der Waals surface area contributed by atoms with Crippen LogP contribution < -0.4 is 0 Å². The molecule has 0 amide bonds. The molecule has 0 saturated heterocycles. The van der Waals surface area contributed by atoms with Gasteiger partial charge in [0.1, 0.15) is 0 Å². The van der Waals surface area contributed by atoms with Crippen LogP contribution in [0.1, 0.15) is 12.5 Å². The molecule has 0 bridgehead atoms. The molecule has 1 aromatic rings. The van der Waals surface area contributed by atoms with Crippen molar-refractivity contribution in [1.29, 1.82) is 0 Å². The van der Waals surface area contributed by atoms with Crippen LogP contribution in [-0.4, -0.2) is 18.3 Å². The maximum Gasteiger partial charge on any atom is 0.151 e. The second-order valence-corrected chi connectivity index (χ2v) is 3.12. The van der Waals surface area contributed by atoms with Crippen molar-refractivity contribution in [2.24, 2.45) is 0 Å². The molecule has 0 aliphatic rings. The summed E-state index contributed by atoms with van der Waals surface area (Å²) in [7, 11) is 0. The molecule has 0 saturated carbocycles. The quantitative estimate of drug-likeness (QED) is 0.730. The molecule has 0 spiro atoms. The van der Waals surface area contributed by atoms with Gasteiger partial charge in [-0.3, -0.25) is 0 Å². The maximum absolute atomic E-state index is 8.68. The summed E-state index contributed by atoms with van der Waals surface area (Å²) in [6, 6.07) is 9.57. The van der Waals surface area contributed by atoms with Gasteiger partial charge in [-0.2, -0.15) is 0 Å². The first-order valence-electron chi connectivity index (χ1n) is 4.51.